The van der Waals surface area contributed by atoms with Gasteiger partial charge in [-0.05, 0) is 36.8 Å². The van der Waals surface area contributed by atoms with Crippen molar-refractivity contribution in [3.05, 3.63) is 47.2 Å². The van der Waals surface area contributed by atoms with Crippen molar-refractivity contribution < 1.29 is 4.74 Å². The molecule has 1 aliphatic heterocycles. The van der Waals surface area contributed by atoms with E-state index in [-0.39, 0.29) is 0 Å². The third kappa shape index (κ3) is 3.14. The molecule has 0 atom stereocenters. The lowest BCUT2D eigenvalue weighted by atomic mass is 10.1. The van der Waals surface area contributed by atoms with Crippen molar-refractivity contribution in [3.8, 4) is 5.75 Å². The molecule has 0 unspecified atom stereocenters. The molecule has 25 heavy (non-hydrogen) atoms. The zero-order valence-corrected chi connectivity index (χ0v) is 15.6. The van der Waals surface area contributed by atoms with Gasteiger partial charge in [0.05, 0.1) is 23.1 Å². The highest BCUT2D eigenvalue weighted by atomic mass is 79.9. The molecule has 1 aromatic heterocycles. The quantitative estimate of drug-likeness (QED) is 0.687. The molecule has 6 heteroatoms. The maximum absolute atomic E-state index is 6.04. The zero-order chi connectivity index (χ0) is 17.2. The number of rotatable bonds is 4. The highest BCUT2D eigenvalue weighted by molar-refractivity contribution is 9.10. The molecule has 0 fully saturated rings. The molecule has 128 valence electrons. The van der Waals surface area contributed by atoms with E-state index in [1.54, 1.807) is 6.33 Å². The molecule has 0 radical (unpaired) electrons. The van der Waals surface area contributed by atoms with Gasteiger partial charge in [0.25, 0.3) is 0 Å². The largest absolute Gasteiger partial charge is 0.489 e. The maximum atomic E-state index is 6.04. The second-order valence-electron chi connectivity index (χ2n) is 6.00. The molecular formula is C19H19BrN4O. The minimum Gasteiger partial charge on any atom is -0.489 e. The van der Waals surface area contributed by atoms with E-state index in [1.165, 1.54) is 0 Å². The molecular weight excluding hydrogens is 380 g/mol. The number of hydrogen-bond donors (Lipinski definition) is 1. The summed E-state index contributed by atoms with van der Waals surface area (Å²) in [6.07, 6.45) is 2.69. The van der Waals surface area contributed by atoms with Gasteiger partial charge in [-0.2, -0.15) is 0 Å². The van der Waals surface area contributed by atoms with Crippen molar-refractivity contribution in [2.45, 2.75) is 13.3 Å². The number of anilines is 3. The predicted octanol–water partition coefficient (Wildman–Crippen LogP) is 4.74. The Bertz CT molecular complexity index is 915. The summed E-state index contributed by atoms with van der Waals surface area (Å²) in [4.78, 5) is 11.3. The molecule has 1 N–H and O–H groups in total. The van der Waals surface area contributed by atoms with Crippen LogP contribution < -0.4 is 15.0 Å². The highest BCUT2D eigenvalue weighted by Gasteiger charge is 2.22. The monoisotopic (exact) mass is 398 g/mol. The van der Waals surface area contributed by atoms with E-state index in [2.05, 4.69) is 49.1 Å². The van der Waals surface area contributed by atoms with Crippen LogP contribution in [-0.4, -0.2) is 29.7 Å². The van der Waals surface area contributed by atoms with Crippen molar-refractivity contribution in [3.63, 3.8) is 0 Å². The van der Waals surface area contributed by atoms with Crippen LogP contribution >= 0.6 is 15.9 Å². The highest BCUT2D eigenvalue weighted by Crippen LogP contribution is 2.41. The SMILES string of the molecule is CCCN1CCOc2c1ccc1ncnc(Nc3cccc(Br)c3)c21. The minimum absolute atomic E-state index is 0.678. The number of nitrogens with one attached hydrogen (secondary N) is 1. The number of aromatic nitrogens is 2. The smallest absolute Gasteiger partial charge is 0.155 e. The second kappa shape index (κ2) is 6.88. The number of hydrogen-bond acceptors (Lipinski definition) is 5. The van der Waals surface area contributed by atoms with Crippen LogP contribution in [0.2, 0.25) is 0 Å². The lowest BCUT2D eigenvalue weighted by molar-refractivity contribution is 0.311. The Balaban J connectivity index is 1.83. The van der Waals surface area contributed by atoms with E-state index in [1.807, 2.05) is 30.3 Å². The van der Waals surface area contributed by atoms with Crippen LogP contribution in [-0.2, 0) is 0 Å². The van der Waals surface area contributed by atoms with Gasteiger partial charge in [-0.3, -0.25) is 0 Å². The predicted molar refractivity (Wildman–Crippen MR) is 105 cm³/mol. The topological polar surface area (TPSA) is 50.3 Å². The summed E-state index contributed by atoms with van der Waals surface area (Å²) in [5.74, 6) is 1.63. The molecule has 0 bridgehead atoms. The van der Waals surface area contributed by atoms with E-state index >= 15 is 0 Å². The second-order valence-corrected chi connectivity index (χ2v) is 6.92. The van der Waals surface area contributed by atoms with Crippen molar-refractivity contribution >= 4 is 44.0 Å². The standard InChI is InChI=1S/C19H19BrN4O/c1-2-8-24-9-10-25-18-16(24)7-6-15-17(18)19(22-12-21-15)23-14-5-3-4-13(20)11-14/h3-7,11-12H,2,8-10H2,1H3,(H,21,22,23). The van der Waals surface area contributed by atoms with Gasteiger partial charge in [-0.25, -0.2) is 9.97 Å². The Kier molecular flexibility index (Phi) is 4.44. The Morgan fingerprint density at radius 1 is 1.24 bits per heavy atom. The molecule has 1 aliphatic rings. The van der Waals surface area contributed by atoms with E-state index in [0.717, 1.165) is 57.8 Å². The van der Waals surface area contributed by atoms with E-state index < -0.39 is 0 Å². The number of fused-ring (bicyclic) bond motifs is 3. The summed E-state index contributed by atoms with van der Waals surface area (Å²) >= 11 is 3.51. The fourth-order valence-corrected chi connectivity index (χ4v) is 3.58. The molecule has 0 aliphatic carbocycles. The van der Waals surface area contributed by atoms with Crippen molar-refractivity contribution in [2.75, 3.05) is 29.9 Å². The summed E-state index contributed by atoms with van der Waals surface area (Å²) in [7, 11) is 0. The first-order valence-corrected chi connectivity index (χ1v) is 9.23. The van der Waals surface area contributed by atoms with Crippen molar-refractivity contribution in [2.24, 2.45) is 0 Å². The maximum Gasteiger partial charge on any atom is 0.155 e. The van der Waals surface area contributed by atoms with Crippen LogP contribution in [0, 0.1) is 0 Å². The summed E-state index contributed by atoms with van der Waals surface area (Å²) in [5, 5.41) is 4.34. The van der Waals surface area contributed by atoms with Crippen LogP contribution in [0.1, 0.15) is 13.3 Å². The summed E-state index contributed by atoms with van der Waals surface area (Å²) in [6.45, 7) is 4.80. The van der Waals surface area contributed by atoms with Crippen LogP contribution in [0.5, 0.6) is 5.75 Å². The van der Waals surface area contributed by atoms with Crippen molar-refractivity contribution in [1.29, 1.82) is 0 Å². The van der Waals surface area contributed by atoms with Crippen LogP contribution in [0.25, 0.3) is 10.9 Å². The lowest BCUT2D eigenvalue weighted by Crippen LogP contribution is -2.33. The van der Waals surface area contributed by atoms with Gasteiger partial charge in [0.1, 0.15) is 18.8 Å². The molecule has 2 heterocycles. The van der Waals surface area contributed by atoms with Gasteiger partial charge in [0.2, 0.25) is 0 Å². The van der Waals surface area contributed by atoms with E-state index in [0.29, 0.717) is 6.61 Å². The summed E-state index contributed by atoms with van der Waals surface area (Å²) < 4.78 is 7.06. The average molecular weight is 399 g/mol. The van der Waals surface area contributed by atoms with E-state index in [9.17, 15) is 0 Å². The van der Waals surface area contributed by atoms with Crippen LogP contribution in [0.4, 0.5) is 17.2 Å². The minimum atomic E-state index is 0.678. The van der Waals surface area contributed by atoms with Gasteiger partial charge >= 0.3 is 0 Å². The lowest BCUT2D eigenvalue weighted by Gasteiger charge is -2.31. The van der Waals surface area contributed by atoms with Gasteiger partial charge in [0.15, 0.2) is 5.75 Å². The molecule has 5 nitrogen and oxygen atoms in total. The average Bonchev–Trinajstić information content (AvgIpc) is 2.62. The molecule has 0 amide bonds. The molecule has 2 aromatic carbocycles. The Labute approximate surface area is 155 Å². The number of ether oxygens (including phenoxy) is 1. The molecule has 3 aromatic rings. The van der Waals surface area contributed by atoms with Gasteiger partial charge < -0.3 is 15.0 Å². The Morgan fingerprint density at radius 3 is 3.00 bits per heavy atom. The Morgan fingerprint density at radius 2 is 2.16 bits per heavy atom. The van der Waals surface area contributed by atoms with Gasteiger partial charge in [-0.15, -0.1) is 0 Å². The number of benzene rings is 2. The van der Waals surface area contributed by atoms with Gasteiger partial charge in [0, 0.05) is 16.7 Å². The first-order chi connectivity index (χ1) is 12.3. The Hall–Kier alpha value is -2.34. The fourth-order valence-electron chi connectivity index (χ4n) is 3.18. The van der Waals surface area contributed by atoms with Crippen molar-refractivity contribution in [1.82, 2.24) is 9.97 Å². The van der Waals surface area contributed by atoms with E-state index in [4.69, 9.17) is 4.74 Å². The first-order valence-electron chi connectivity index (χ1n) is 8.44. The summed E-state index contributed by atoms with van der Waals surface area (Å²) in [6, 6.07) is 12.2. The zero-order valence-electron chi connectivity index (χ0n) is 14.0. The molecule has 0 saturated carbocycles. The molecule has 4 rings (SSSR count). The third-order valence-electron chi connectivity index (χ3n) is 4.26. The first kappa shape index (κ1) is 16.1. The molecule has 0 saturated heterocycles. The number of halogens is 1. The fraction of sp³-hybridized carbons (Fsp3) is 0.263. The van der Waals surface area contributed by atoms with Crippen LogP contribution in [0.3, 0.4) is 0 Å². The third-order valence-corrected chi connectivity index (χ3v) is 4.76. The van der Waals surface area contributed by atoms with Crippen LogP contribution in [0.15, 0.2) is 47.2 Å². The summed E-state index contributed by atoms with van der Waals surface area (Å²) in [5.41, 5.74) is 2.96. The molecule has 0 spiro atoms. The number of nitrogens with zero attached hydrogens (tertiary/aromatic N) is 3. The van der Waals surface area contributed by atoms with Gasteiger partial charge in [-0.1, -0.05) is 28.9 Å². The normalized spacial score (nSPS) is 13.4.